The summed E-state index contributed by atoms with van der Waals surface area (Å²) in [5, 5.41) is 8.96. The summed E-state index contributed by atoms with van der Waals surface area (Å²) in [4.78, 5) is 10.9. The summed E-state index contributed by atoms with van der Waals surface area (Å²) in [6.45, 7) is 1.60. The van der Waals surface area contributed by atoms with Crippen molar-refractivity contribution in [2.45, 2.75) is 12.8 Å². The number of carbonyl (C=O) groups is 1. The Morgan fingerprint density at radius 2 is 1.79 bits per heavy atom. The van der Waals surface area contributed by atoms with E-state index in [4.69, 9.17) is 9.84 Å². The highest BCUT2D eigenvalue weighted by molar-refractivity contribution is 5.75. The molecule has 98 valence electrons. The van der Waals surface area contributed by atoms with Crippen molar-refractivity contribution < 1.29 is 19.0 Å². The average Bonchev–Trinajstić information content (AvgIpc) is 2.38. The summed E-state index contributed by atoms with van der Waals surface area (Å²) in [5.41, 5.74) is 0.640. The number of hydrogen-bond acceptors (Lipinski definition) is 2. The molecular weight excluding hydrogens is 247 g/mol. The second kappa shape index (κ2) is 5.52. The van der Waals surface area contributed by atoms with Crippen LogP contribution in [0.2, 0.25) is 0 Å². The number of rotatable bonds is 4. The molecule has 0 amide bonds. The van der Waals surface area contributed by atoms with Gasteiger partial charge in [0.2, 0.25) is 0 Å². The van der Waals surface area contributed by atoms with Gasteiger partial charge in [-0.25, -0.2) is 4.39 Å². The third-order valence-corrected chi connectivity index (χ3v) is 2.76. The van der Waals surface area contributed by atoms with Crippen LogP contribution in [0, 0.1) is 5.82 Å². The highest BCUT2D eigenvalue weighted by Gasteiger charge is 2.14. The molecule has 0 saturated carbocycles. The van der Waals surface area contributed by atoms with Crippen molar-refractivity contribution in [3.8, 4) is 11.5 Å². The van der Waals surface area contributed by atoms with Crippen LogP contribution in [0.3, 0.4) is 0 Å². The normalized spacial score (nSPS) is 11.9. The molecule has 19 heavy (non-hydrogen) atoms. The van der Waals surface area contributed by atoms with Crippen LogP contribution >= 0.6 is 0 Å². The fourth-order valence-corrected chi connectivity index (χ4v) is 1.66. The average molecular weight is 260 g/mol. The molecule has 4 heteroatoms. The molecule has 0 radical (unpaired) electrons. The van der Waals surface area contributed by atoms with E-state index < -0.39 is 11.9 Å². The van der Waals surface area contributed by atoms with E-state index in [0.717, 1.165) is 0 Å². The maximum atomic E-state index is 13.0. The van der Waals surface area contributed by atoms with Gasteiger partial charge < -0.3 is 9.84 Å². The second-order valence-corrected chi connectivity index (χ2v) is 4.19. The number of carboxylic acid groups (broad SMARTS) is 1. The lowest BCUT2D eigenvalue weighted by molar-refractivity contribution is -0.138. The minimum absolute atomic E-state index is 0.375. The smallest absolute Gasteiger partial charge is 0.310 e. The van der Waals surface area contributed by atoms with Crippen LogP contribution in [0.1, 0.15) is 18.4 Å². The molecule has 0 saturated heterocycles. The summed E-state index contributed by atoms with van der Waals surface area (Å²) >= 11 is 0. The quantitative estimate of drug-likeness (QED) is 0.909. The summed E-state index contributed by atoms with van der Waals surface area (Å²) in [6.07, 6.45) is 0. The molecule has 0 aromatic heterocycles. The van der Waals surface area contributed by atoms with Gasteiger partial charge in [0.05, 0.1) is 5.92 Å². The zero-order valence-electron chi connectivity index (χ0n) is 10.3. The first-order chi connectivity index (χ1) is 9.06. The molecule has 0 aliphatic rings. The van der Waals surface area contributed by atoms with Gasteiger partial charge in [-0.1, -0.05) is 18.2 Å². The zero-order chi connectivity index (χ0) is 13.8. The van der Waals surface area contributed by atoms with E-state index in [2.05, 4.69) is 0 Å². The summed E-state index contributed by atoms with van der Waals surface area (Å²) < 4.78 is 18.5. The summed E-state index contributed by atoms with van der Waals surface area (Å²) in [6, 6.07) is 12.6. The third-order valence-electron chi connectivity index (χ3n) is 2.76. The number of halogens is 1. The first-order valence-electron chi connectivity index (χ1n) is 5.82. The van der Waals surface area contributed by atoms with E-state index in [9.17, 15) is 9.18 Å². The van der Waals surface area contributed by atoms with Crippen molar-refractivity contribution >= 4 is 5.97 Å². The Morgan fingerprint density at radius 3 is 2.42 bits per heavy atom. The number of carboxylic acids is 1. The molecule has 0 bridgehead atoms. The fraction of sp³-hybridized carbons (Fsp3) is 0.133. The lowest BCUT2D eigenvalue weighted by Crippen LogP contribution is -2.07. The summed E-state index contributed by atoms with van der Waals surface area (Å²) in [5.74, 6) is -1.04. The SMILES string of the molecule is CC(C(=O)O)c1cccc(Oc2cccc(F)c2)c1. The van der Waals surface area contributed by atoms with Gasteiger partial charge in [-0.05, 0) is 36.8 Å². The highest BCUT2D eigenvalue weighted by Crippen LogP contribution is 2.25. The lowest BCUT2D eigenvalue weighted by Gasteiger charge is -2.10. The predicted octanol–water partition coefficient (Wildman–Crippen LogP) is 3.81. The van der Waals surface area contributed by atoms with E-state index >= 15 is 0 Å². The van der Waals surface area contributed by atoms with Crippen LogP contribution in [-0.2, 0) is 4.79 Å². The van der Waals surface area contributed by atoms with Crippen molar-refractivity contribution in [3.05, 3.63) is 59.9 Å². The maximum Gasteiger partial charge on any atom is 0.310 e. The molecule has 3 nitrogen and oxygen atoms in total. The largest absolute Gasteiger partial charge is 0.481 e. The Labute approximate surface area is 110 Å². The Kier molecular flexibility index (Phi) is 3.80. The molecule has 2 aromatic carbocycles. The molecular formula is C15H13FO3. The van der Waals surface area contributed by atoms with Crippen molar-refractivity contribution in [2.24, 2.45) is 0 Å². The topological polar surface area (TPSA) is 46.5 Å². The Morgan fingerprint density at radius 1 is 1.16 bits per heavy atom. The van der Waals surface area contributed by atoms with Gasteiger partial charge in [0.15, 0.2) is 0 Å². The Balaban J connectivity index is 2.22. The van der Waals surface area contributed by atoms with Crippen LogP contribution < -0.4 is 4.74 Å². The molecule has 0 fully saturated rings. The van der Waals surface area contributed by atoms with Crippen molar-refractivity contribution in [1.29, 1.82) is 0 Å². The van der Waals surface area contributed by atoms with E-state index in [1.807, 2.05) is 0 Å². The van der Waals surface area contributed by atoms with E-state index in [-0.39, 0.29) is 5.82 Å². The molecule has 1 N–H and O–H groups in total. The fourth-order valence-electron chi connectivity index (χ4n) is 1.66. The molecule has 0 aliphatic carbocycles. The van der Waals surface area contributed by atoms with Crippen LogP contribution in [0.4, 0.5) is 4.39 Å². The standard InChI is InChI=1S/C15H13FO3/c1-10(15(17)18)11-4-2-6-13(8-11)19-14-7-3-5-12(16)9-14/h2-10H,1H3,(H,17,18). The minimum atomic E-state index is -0.900. The van der Waals surface area contributed by atoms with Crippen molar-refractivity contribution in [3.63, 3.8) is 0 Å². The van der Waals surface area contributed by atoms with Gasteiger partial charge in [-0.2, -0.15) is 0 Å². The third kappa shape index (κ3) is 3.31. The van der Waals surface area contributed by atoms with Gasteiger partial charge >= 0.3 is 5.97 Å². The second-order valence-electron chi connectivity index (χ2n) is 4.19. The Bertz CT molecular complexity index is 595. The zero-order valence-corrected chi connectivity index (χ0v) is 10.3. The number of ether oxygens (including phenoxy) is 1. The molecule has 2 rings (SSSR count). The molecule has 0 spiro atoms. The van der Waals surface area contributed by atoms with Crippen molar-refractivity contribution in [1.82, 2.24) is 0 Å². The first kappa shape index (κ1) is 13.1. The highest BCUT2D eigenvalue weighted by atomic mass is 19.1. The van der Waals surface area contributed by atoms with Gasteiger partial charge in [0.1, 0.15) is 17.3 Å². The molecule has 0 heterocycles. The number of hydrogen-bond donors (Lipinski definition) is 1. The molecule has 1 atom stereocenters. The van der Waals surface area contributed by atoms with Crippen LogP contribution in [0.5, 0.6) is 11.5 Å². The van der Waals surface area contributed by atoms with Gasteiger partial charge in [-0.15, -0.1) is 0 Å². The monoisotopic (exact) mass is 260 g/mol. The predicted molar refractivity (Wildman–Crippen MR) is 69.0 cm³/mol. The van der Waals surface area contributed by atoms with E-state index in [1.165, 1.54) is 12.1 Å². The van der Waals surface area contributed by atoms with Crippen molar-refractivity contribution in [2.75, 3.05) is 0 Å². The molecule has 0 aliphatic heterocycles. The molecule has 1 unspecified atom stereocenters. The lowest BCUT2D eigenvalue weighted by atomic mass is 10.0. The van der Waals surface area contributed by atoms with Crippen LogP contribution in [0.15, 0.2) is 48.5 Å². The first-order valence-corrected chi connectivity index (χ1v) is 5.82. The van der Waals surface area contributed by atoms with Gasteiger partial charge in [-0.3, -0.25) is 4.79 Å². The summed E-state index contributed by atoms with van der Waals surface area (Å²) in [7, 11) is 0. The van der Waals surface area contributed by atoms with Gasteiger partial charge in [0, 0.05) is 6.07 Å². The number of aliphatic carboxylic acids is 1. The van der Waals surface area contributed by atoms with Crippen LogP contribution in [-0.4, -0.2) is 11.1 Å². The van der Waals surface area contributed by atoms with Crippen LogP contribution in [0.25, 0.3) is 0 Å². The van der Waals surface area contributed by atoms with Gasteiger partial charge in [0.25, 0.3) is 0 Å². The number of benzene rings is 2. The maximum absolute atomic E-state index is 13.0. The van der Waals surface area contributed by atoms with E-state index in [1.54, 1.807) is 43.3 Å². The Hall–Kier alpha value is -2.36. The van der Waals surface area contributed by atoms with E-state index in [0.29, 0.717) is 17.1 Å². The minimum Gasteiger partial charge on any atom is -0.481 e. The molecule has 2 aromatic rings.